The van der Waals surface area contributed by atoms with Crippen molar-refractivity contribution in [1.82, 2.24) is 68.4 Å². The van der Waals surface area contributed by atoms with Crippen molar-refractivity contribution in [2.75, 3.05) is 76.4 Å². The van der Waals surface area contributed by atoms with Crippen molar-refractivity contribution >= 4 is 155 Å². The van der Waals surface area contributed by atoms with Gasteiger partial charge in [0.25, 0.3) is 0 Å². The number of aromatic amines is 1. The summed E-state index contributed by atoms with van der Waals surface area (Å²) in [6.07, 6.45) is -1.08. The smallest absolute Gasteiger partial charge is 0.409 e. The summed E-state index contributed by atoms with van der Waals surface area (Å²) in [5.41, 5.74) is 12.9. The third-order valence-electron chi connectivity index (χ3n) is 23.3. The molecule has 4 heterocycles. The number of hydrogen-bond donors (Lipinski definition) is 18. The van der Waals surface area contributed by atoms with Gasteiger partial charge in [-0.15, -0.1) is 0 Å². The van der Waals surface area contributed by atoms with Crippen LogP contribution >= 0.6 is 54.8 Å². The van der Waals surface area contributed by atoms with Crippen LogP contribution in [0.25, 0.3) is 10.9 Å². The van der Waals surface area contributed by atoms with E-state index >= 15 is 4.79 Å². The first-order valence-corrected chi connectivity index (χ1v) is 49.4. The Hall–Kier alpha value is -10.7. The number of phenolic OH excluding ortho intramolecular Hbond substituents is 1. The molecule has 4 bridgehead atoms. The highest BCUT2D eigenvalue weighted by Crippen LogP contribution is 2.50. The van der Waals surface area contributed by atoms with E-state index in [9.17, 15) is 82.8 Å². The van der Waals surface area contributed by atoms with Gasteiger partial charge in [0.15, 0.2) is 5.72 Å². The van der Waals surface area contributed by atoms with Gasteiger partial charge in [0.1, 0.15) is 95.1 Å². The van der Waals surface area contributed by atoms with Gasteiger partial charge in [-0.2, -0.15) is 0 Å². The number of anilines is 1. The molecule has 0 saturated carbocycles. The van der Waals surface area contributed by atoms with Crippen LogP contribution in [-0.2, 0) is 102 Å². The number of nitrogens with zero attached hydrogens (tertiary/aromatic N) is 2. The van der Waals surface area contributed by atoms with Crippen LogP contribution in [0.4, 0.5) is 15.3 Å². The van der Waals surface area contributed by atoms with E-state index in [-0.39, 0.29) is 91.1 Å². The van der Waals surface area contributed by atoms with Gasteiger partial charge in [-0.3, -0.25) is 53.3 Å². The minimum absolute atomic E-state index is 0.0137. The molecule has 19 atom stereocenters. The largest absolute Gasteiger partial charge is 0.508 e. The van der Waals surface area contributed by atoms with E-state index in [0.29, 0.717) is 42.2 Å². The van der Waals surface area contributed by atoms with E-state index < -0.39 is 204 Å². The van der Waals surface area contributed by atoms with Crippen LogP contribution in [0.15, 0.2) is 121 Å². The molecular weight excluding hydrogens is 1850 g/mol. The number of benzene rings is 4. The number of alkyl carbamates (subject to hydrolysis) is 1. The predicted octanol–water partition coefficient (Wildman–Crippen LogP) is 2.83. The standard InChI is InChI=1S/C91H125ClN16O23S4/c1-13-96-88(124)103-64(38-54-23-15-14-16-24-54)82(118)101-66(83(119)98-58(45-109)37-55-29-31-59(112)32-30-55)47-134-135-48-67(102-86(122)77(53(6)111)104-80(116)62(27-19-20-34-93)99-81(117)63(95-8)41-57-44-97-61-26-18-17-25-60(57)61)84(120)105-76(52(5)110)85(121)100-65(79(94)115)46-133-132-35-33-73(113)107(9)51(4)87(123)130-72-42-74(114)108(10)68-39-56(40-69(127-11)75(68)92)36-49(2)22-21-28-71(128-12)91(126)43-70(129-89(125)106-91)50(3)78-90(72,7)131-78/h14-18,21-26,28-32,39-40,44-45,50-53,58,62-67,70-72,76-78,95,97,110-112,126H,13,19-20,27,33-38,41-43,46-48,93H2,1-12H3,(H2,94,115)(H,98,119)(H,99,117)(H,100,121)(H,101,118)(H,102,122)(H,104,116)(H,105,120)(H,106,125)(H2,96,103,124)/b28-21+,49-22+/t50-,51+,52-,53-,58+,62+,63-,64-,65+,66+,67+,70+,71-,72+,76+,77+,78+,90+,91+/m1/s1. The number of fused-ring (bicyclic) bond motifs is 6. The highest BCUT2D eigenvalue weighted by molar-refractivity contribution is 8.77. The lowest BCUT2D eigenvalue weighted by Crippen LogP contribution is -2.63. The number of urea groups is 1. The van der Waals surface area contributed by atoms with E-state index in [4.69, 9.17) is 46.8 Å². The number of nitrogens with one attached hydrogen (secondary N) is 12. The van der Waals surface area contributed by atoms with Crippen molar-refractivity contribution in [2.24, 2.45) is 17.4 Å². The van der Waals surface area contributed by atoms with Crippen LogP contribution in [0, 0.1) is 5.92 Å². The number of esters is 1. The van der Waals surface area contributed by atoms with Gasteiger partial charge < -0.3 is 128 Å². The number of para-hydroxylation sites is 1. The SMILES string of the molecule is CCNC(=O)N[C@H](Cc1ccccc1)C(=O)N[C@@H](CSSC[C@H](NC(=O)[C@@H](NC(=O)[C@H](CCCCN)NC(=O)[C@@H](Cc1c[nH]c2ccccc12)NC)[C@@H](C)O)C(=O)N[C@H](C(=O)N[C@@H](CSSCCC(=O)N(C)[C@@H](C)C(=O)O[C@H]1CC(=O)N(C)c2cc(cc(OC)c2Cl)C/C(C)=C/C=C/[C@@H](OC)[C@@]2(O)C[C@H](OC(=O)N2)[C@@H](C)[C@@H]2O[C@@]12C)C(N)=O)[C@@H](C)O)C(=O)N[C@H](C=O)Cc1ccc(O)cc1. The fraction of sp³-hybridized carbons (Fsp3) is 0.516. The van der Waals surface area contributed by atoms with Crippen LogP contribution in [0.3, 0.4) is 0 Å². The van der Waals surface area contributed by atoms with Crippen molar-refractivity contribution in [3.05, 3.63) is 148 Å². The van der Waals surface area contributed by atoms with Gasteiger partial charge in [-0.1, -0.05) is 146 Å². The average Bonchev–Trinajstić information content (AvgIpc) is 1.57. The topological polar surface area (TPSA) is 576 Å². The summed E-state index contributed by atoms with van der Waals surface area (Å²) in [4.78, 5) is 203. The number of methoxy groups -OCH3 is 2. The number of carbonyl (C=O) groups excluding carboxylic acids is 14. The number of amides is 13. The molecule has 0 spiro atoms. The number of rotatable bonds is 47. The van der Waals surface area contributed by atoms with Crippen molar-refractivity contribution in [1.29, 1.82) is 0 Å². The summed E-state index contributed by atoms with van der Waals surface area (Å²) in [6, 6.07) is 10.0. The highest BCUT2D eigenvalue weighted by Gasteiger charge is 2.65. The van der Waals surface area contributed by atoms with Gasteiger partial charge in [-0.05, 0) is 146 Å². The number of H-pyrrole nitrogens is 1. The van der Waals surface area contributed by atoms with Crippen LogP contribution in [0.5, 0.6) is 11.5 Å². The zero-order valence-electron chi connectivity index (χ0n) is 77.3. The molecule has 44 heteroatoms. The summed E-state index contributed by atoms with van der Waals surface area (Å²) in [5.74, 6) is -11.5. The number of aromatic nitrogens is 1. The molecule has 3 aliphatic heterocycles. The third kappa shape index (κ3) is 31.7. The van der Waals surface area contributed by atoms with Gasteiger partial charge in [-0.25, -0.2) is 14.4 Å². The molecular formula is C91H125ClN16O23S4. The minimum atomic E-state index is -1.97. The normalized spacial score (nSPS) is 21.6. The highest BCUT2D eigenvalue weighted by atomic mass is 35.5. The molecule has 0 unspecified atom stereocenters. The second kappa shape index (κ2) is 52.6. The summed E-state index contributed by atoms with van der Waals surface area (Å²) < 4.78 is 29.7. The van der Waals surface area contributed by atoms with Gasteiger partial charge in [0, 0.05) is 93.0 Å². The van der Waals surface area contributed by atoms with Crippen LogP contribution in [0.1, 0.15) is 109 Å². The molecule has 135 heavy (non-hydrogen) atoms. The maximum Gasteiger partial charge on any atom is 0.409 e. The van der Waals surface area contributed by atoms with Crippen molar-refractivity contribution < 1.29 is 111 Å². The first-order chi connectivity index (χ1) is 64.2. The Balaban J connectivity index is 0.972. The molecule has 1 aromatic heterocycles. The number of ether oxygens (including phenoxy) is 5. The molecule has 2 fully saturated rings. The number of halogens is 1. The second-order valence-corrected chi connectivity index (χ2v) is 39.0. The number of aliphatic hydroxyl groups is 3. The number of aldehydes is 1. The first kappa shape index (κ1) is 110. The van der Waals surface area contributed by atoms with Crippen molar-refractivity contribution in [3.8, 4) is 11.5 Å². The van der Waals surface area contributed by atoms with E-state index in [1.54, 1.807) is 94.7 Å². The molecule has 20 N–H and O–H groups in total. The van der Waals surface area contributed by atoms with Crippen molar-refractivity contribution in [2.45, 2.75) is 221 Å². The molecule has 8 rings (SSSR count). The Morgan fingerprint density at radius 1 is 0.741 bits per heavy atom. The number of aliphatic hydroxyl groups excluding tert-OH is 2. The average molecular weight is 1970 g/mol. The lowest BCUT2D eigenvalue weighted by atomic mass is 9.83. The molecule has 39 nitrogen and oxygen atoms in total. The fourth-order valence-corrected chi connectivity index (χ4v) is 20.0. The summed E-state index contributed by atoms with van der Waals surface area (Å²) >= 11 is 6.89. The minimum Gasteiger partial charge on any atom is -0.508 e. The maximum absolute atomic E-state index is 15.0. The molecule has 13 amide bonds. The van der Waals surface area contributed by atoms with Gasteiger partial charge in [0.2, 0.25) is 59.1 Å². The number of likely N-dealkylation sites (N-methyl/N-ethyl adjacent to an activating group) is 2. The zero-order valence-corrected chi connectivity index (χ0v) is 81.3. The Kier molecular flexibility index (Phi) is 42.7. The second-order valence-electron chi connectivity index (χ2n) is 33.5. The number of epoxide rings is 1. The van der Waals surface area contributed by atoms with E-state index in [0.717, 1.165) is 77.0 Å². The molecule has 4 aromatic carbocycles. The maximum atomic E-state index is 15.0. The number of aromatic hydroxyl groups is 1. The monoisotopic (exact) mass is 1970 g/mol. The Bertz CT molecular complexity index is 5010. The van der Waals surface area contributed by atoms with Crippen LogP contribution in [-0.4, -0.2) is 294 Å². The quantitative estimate of drug-likeness (QED) is 0.00875. The van der Waals surface area contributed by atoms with E-state index in [1.807, 2.05) is 31.2 Å². The molecule has 738 valence electrons. The van der Waals surface area contributed by atoms with Gasteiger partial charge >= 0.3 is 18.1 Å². The third-order valence-corrected chi connectivity index (χ3v) is 28.5. The number of allylic oxidation sites excluding steroid dienone is 3. The Labute approximate surface area is 804 Å². The number of hydrogen-bond acceptors (Lipinski definition) is 29. The molecule has 3 aliphatic rings. The number of carbonyl (C=O) groups is 14. The number of primary amides is 1. The zero-order chi connectivity index (χ0) is 99.1. The predicted molar refractivity (Wildman–Crippen MR) is 513 cm³/mol. The number of unbranched alkanes of at least 4 members (excludes halogenated alkanes) is 1. The van der Waals surface area contributed by atoms with Gasteiger partial charge in [0.05, 0.1) is 49.6 Å². The molecule has 5 aromatic rings. The number of phenols is 1. The van der Waals surface area contributed by atoms with E-state index in [1.165, 1.54) is 71.3 Å². The lowest BCUT2D eigenvalue weighted by molar-refractivity contribution is -0.162. The van der Waals surface area contributed by atoms with Crippen molar-refractivity contribution in [3.63, 3.8) is 0 Å². The van der Waals surface area contributed by atoms with Crippen LogP contribution in [0.2, 0.25) is 5.02 Å². The summed E-state index contributed by atoms with van der Waals surface area (Å²) in [7, 11) is 11.0. The van der Waals surface area contributed by atoms with E-state index in [2.05, 4.69) is 63.5 Å². The molecule has 0 radical (unpaired) electrons. The fourth-order valence-electron chi connectivity index (χ4n) is 15.2. The molecule has 0 aliphatic carbocycles. The molecule has 2 saturated heterocycles. The Morgan fingerprint density at radius 2 is 1.33 bits per heavy atom. The first-order valence-electron chi connectivity index (χ1n) is 44.1. The summed E-state index contributed by atoms with van der Waals surface area (Å²) in [5, 5.41) is 74.4. The lowest BCUT2D eigenvalue weighted by Gasteiger charge is -2.42. The van der Waals surface area contributed by atoms with Crippen LogP contribution < -0.4 is 79.6 Å². The summed E-state index contributed by atoms with van der Waals surface area (Å²) in [6.45, 7) is 11.0. The number of nitrogens with two attached hydrogens (primary N) is 2. The Morgan fingerprint density at radius 3 is 1.94 bits per heavy atom.